The first-order valence-electron chi connectivity index (χ1n) is 11.0. The van der Waals surface area contributed by atoms with Crippen molar-refractivity contribution in [1.29, 1.82) is 0 Å². The van der Waals surface area contributed by atoms with E-state index in [2.05, 4.69) is 39.4 Å². The lowest BCUT2D eigenvalue weighted by Crippen LogP contribution is -2.38. The van der Waals surface area contributed by atoms with Crippen LogP contribution in [0.4, 0.5) is 5.82 Å². The summed E-state index contributed by atoms with van der Waals surface area (Å²) >= 11 is 0. The van der Waals surface area contributed by atoms with Gasteiger partial charge in [-0.05, 0) is 37.0 Å². The van der Waals surface area contributed by atoms with Crippen LogP contribution in [0.1, 0.15) is 35.2 Å². The summed E-state index contributed by atoms with van der Waals surface area (Å²) in [5.41, 5.74) is 2.97. The largest absolute Gasteiger partial charge is 0.356 e. The zero-order valence-electron chi connectivity index (χ0n) is 17.3. The van der Waals surface area contributed by atoms with Gasteiger partial charge in [0.15, 0.2) is 0 Å². The maximum Gasteiger partial charge on any atom is 0.255 e. The summed E-state index contributed by atoms with van der Waals surface area (Å²) in [6, 6.07) is 20.8. The van der Waals surface area contributed by atoms with Crippen LogP contribution in [0.25, 0.3) is 10.9 Å². The minimum atomic E-state index is 0.00159. The van der Waals surface area contributed by atoms with Crippen molar-refractivity contribution >= 4 is 22.6 Å². The smallest absolute Gasteiger partial charge is 0.255 e. The Labute approximate surface area is 177 Å². The number of amides is 1. The third-order valence-electron chi connectivity index (χ3n) is 6.21. The van der Waals surface area contributed by atoms with E-state index in [1.165, 1.54) is 5.56 Å². The molecule has 0 saturated carbocycles. The molecule has 1 unspecified atom stereocenters. The van der Waals surface area contributed by atoms with E-state index >= 15 is 0 Å². The van der Waals surface area contributed by atoms with E-state index in [4.69, 9.17) is 4.98 Å². The van der Waals surface area contributed by atoms with Gasteiger partial charge in [0.05, 0.1) is 11.1 Å². The monoisotopic (exact) mass is 400 g/mol. The first-order valence-corrected chi connectivity index (χ1v) is 11.0. The Morgan fingerprint density at radius 3 is 2.60 bits per heavy atom. The topological polar surface area (TPSA) is 48.5 Å². The highest BCUT2D eigenvalue weighted by atomic mass is 16.1. The van der Waals surface area contributed by atoms with Crippen LogP contribution in [-0.2, 0) is 6.54 Å². The molecule has 1 N–H and O–H groups in total. The van der Waals surface area contributed by atoms with Crippen LogP contribution < -0.4 is 10.2 Å². The van der Waals surface area contributed by atoms with Crippen molar-refractivity contribution in [2.45, 2.75) is 31.8 Å². The van der Waals surface area contributed by atoms with Gasteiger partial charge in [-0.25, -0.2) is 4.98 Å². The number of aromatic nitrogens is 1. The lowest BCUT2D eigenvalue weighted by molar-refractivity contribution is 0.0938. The predicted octanol–water partition coefficient (Wildman–Crippen LogP) is 3.84. The lowest BCUT2D eigenvalue weighted by Gasteiger charge is -2.22. The summed E-state index contributed by atoms with van der Waals surface area (Å²) in [6.45, 7) is 4.78. The Balaban J connectivity index is 1.32. The van der Waals surface area contributed by atoms with Gasteiger partial charge in [0.1, 0.15) is 5.82 Å². The molecule has 5 rings (SSSR count). The highest BCUT2D eigenvalue weighted by molar-refractivity contribution is 6.02. The van der Waals surface area contributed by atoms with E-state index in [9.17, 15) is 4.79 Å². The first kappa shape index (κ1) is 19.1. The van der Waals surface area contributed by atoms with E-state index in [0.29, 0.717) is 5.56 Å². The van der Waals surface area contributed by atoms with E-state index < -0.39 is 0 Å². The second-order valence-electron chi connectivity index (χ2n) is 8.43. The summed E-state index contributed by atoms with van der Waals surface area (Å²) in [5.74, 6) is 0.838. The average molecular weight is 401 g/mol. The van der Waals surface area contributed by atoms with E-state index in [1.54, 1.807) is 0 Å². The van der Waals surface area contributed by atoms with Gasteiger partial charge in [-0.3, -0.25) is 9.69 Å². The Morgan fingerprint density at radius 2 is 1.77 bits per heavy atom. The number of carbonyl (C=O) groups is 1. The van der Waals surface area contributed by atoms with Crippen molar-refractivity contribution in [3.8, 4) is 0 Å². The van der Waals surface area contributed by atoms with Crippen LogP contribution in [0.2, 0.25) is 0 Å². The molecule has 5 heteroatoms. The molecule has 2 saturated heterocycles. The van der Waals surface area contributed by atoms with Crippen LogP contribution in [0, 0.1) is 0 Å². The van der Waals surface area contributed by atoms with Gasteiger partial charge < -0.3 is 10.2 Å². The standard InChI is InChI=1S/C25H28N4O/c30-25(26-21-12-15-28(18-21)17-19-8-2-1-3-9-19)22-16-20-10-4-5-11-23(20)27-24(22)29-13-6-7-14-29/h1-5,8-11,16,21H,6-7,12-15,17-18H2,(H,26,30). The van der Waals surface area contributed by atoms with Gasteiger partial charge in [-0.15, -0.1) is 0 Å². The average Bonchev–Trinajstić information content (AvgIpc) is 3.46. The summed E-state index contributed by atoms with van der Waals surface area (Å²) in [7, 11) is 0. The number of benzene rings is 2. The molecule has 1 atom stereocenters. The van der Waals surface area contributed by atoms with Crippen LogP contribution in [0.5, 0.6) is 0 Å². The number of pyridine rings is 1. The molecule has 0 spiro atoms. The number of nitrogens with one attached hydrogen (secondary N) is 1. The maximum absolute atomic E-state index is 13.3. The first-order chi connectivity index (χ1) is 14.8. The molecule has 2 aliphatic rings. The zero-order valence-corrected chi connectivity index (χ0v) is 17.3. The minimum Gasteiger partial charge on any atom is -0.356 e. The van der Waals surface area contributed by atoms with Crippen LogP contribution in [-0.4, -0.2) is 48.0 Å². The van der Waals surface area contributed by atoms with Crippen molar-refractivity contribution in [2.75, 3.05) is 31.1 Å². The van der Waals surface area contributed by atoms with E-state index in [0.717, 1.165) is 68.7 Å². The zero-order chi connectivity index (χ0) is 20.3. The number of hydrogen-bond donors (Lipinski definition) is 1. The van der Waals surface area contributed by atoms with Crippen molar-refractivity contribution in [1.82, 2.24) is 15.2 Å². The molecule has 30 heavy (non-hydrogen) atoms. The number of carbonyl (C=O) groups excluding carboxylic acids is 1. The third-order valence-corrected chi connectivity index (χ3v) is 6.21. The van der Waals surface area contributed by atoms with Crippen molar-refractivity contribution < 1.29 is 4.79 Å². The fourth-order valence-electron chi connectivity index (χ4n) is 4.64. The van der Waals surface area contributed by atoms with E-state index in [1.807, 2.05) is 36.4 Å². The number of anilines is 1. The minimum absolute atomic E-state index is 0.00159. The van der Waals surface area contributed by atoms with Crippen LogP contribution >= 0.6 is 0 Å². The van der Waals surface area contributed by atoms with Crippen molar-refractivity contribution in [2.24, 2.45) is 0 Å². The molecule has 2 fully saturated rings. The molecule has 0 aliphatic carbocycles. The molecule has 3 heterocycles. The number of nitrogens with zero attached hydrogens (tertiary/aromatic N) is 3. The Hall–Kier alpha value is -2.92. The number of likely N-dealkylation sites (tertiary alicyclic amines) is 1. The summed E-state index contributed by atoms with van der Waals surface area (Å²) in [6.07, 6.45) is 3.30. The van der Waals surface area contributed by atoms with Crippen LogP contribution in [0.15, 0.2) is 60.7 Å². The normalized spacial score (nSPS) is 19.5. The Morgan fingerprint density at radius 1 is 1.00 bits per heavy atom. The van der Waals surface area contributed by atoms with Crippen LogP contribution in [0.3, 0.4) is 0 Å². The summed E-state index contributed by atoms with van der Waals surface area (Å²) in [5, 5.41) is 4.31. The van der Waals surface area contributed by atoms with Crippen molar-refractivity contribution in [3.05, 3.63) is 71.8 Å². The highest BCUT2D eigenvalue weighted by Crippen LogP contribution is 2.27. The fraction of sp³-hybridized carbons (Fsp3) is 0.360. The third kappa shape index (κ3) is 4.03. The molecule has 154 valence electrons. The SMILES string of the molecule is O=C(NC1CCN(Cc2ccccc2)C1)c1cc2ccccc2nc1N1CCCC1. The van der Waals surface area contributed by atoms with Crippen molar-refractivity contribution in [3.63, 3.8) is 0 Å². The number of rotatable bonds is 5. The van der Waals surface area contributed by atoms with Gasteiger partial charge in [-0.2, -0.15) is 0 Å². The molecule has 3 aromatic rings. The molecule has 1 amide bonds. The maximum atomic E-state index is 13.3. The molecular weight excluding hydrogens is 372 g/mol. The second-order valence-corrected chi connectivity index (χ2v) is 8.43. The lowest BCUT2D eigenvalue weighted by atomic mass is 10.1. The van der Waals surface area contributed by atoms with E-state index in [-0.39, 0.29) is 11.9 Å². The number of para-hydroxylation sites is 1. The molecule has 0 bridgehead atoms. The summed E-state index contributed by atoms with van der Waals surface area (Å²) < 4.78 is 0. The fourth-order valence-corrected chi connectivity index (χ4v) is 4.64. The second kappa shape index (κ2) is 8.44. The molecule has 2 aliphatic heterocycles. The Kier molecular flexibility index (Phi) is 5.37. The van der Waals surface area contributed by atoms with Gasteiger partial charge in [0.2, 0.25) is 0 Å². The molecular formula is C25H28N4O. The van der Waals surface area contributed by atoms with Gasteiger partial charge in [0, 0.05) is 44.2 Å². The predicted molar refractivity (Wildman–Crippen MR) is 121 cm³/mol. The van der Waals surface area contributed by atoms with Gasteiger partial charge >= 0.3 is 0 Å². The number of hydrogen-bond acceptors (Lipinski definition) is 4. The Bertz CT molecular complexity index is 1030. The molecule has 1 aromatic heterocycles. The molecule has 0 radical (unpaired) electrons. The van der Waals surface area contributed by atoms with Gasteiger partial charge in [-0.1, -0.05) is 48.5 Å². The summed E-state index contributed by atoms with van der Waals surface area (Å²) in [4.78, 5) is 22.8. The van der Waals surface area contributed by atoms with Gasteiger partial charge in [0.25, 0.3) is 5.91 Å². The number of fused-ring (bicyclic) bond motifs is 1. The highest BCUT2D eigenvalue weighted by Gasteiger charge is 2.27. The molecule has 5 nitrogen and oxygen atoms in total. The molecule has 2 aromatic carbocycles. The quantitative estimate of drug-likeness (QED) is 0.707.